The van der Waals surface area contributed by atoms with E-state index in [2.05, 4.69) is 21.2 Å². The molecule has 2 amide bonds. The number of nitrogens with zero attached hydrogens (tertiary/aromatic N) is 1. The Balaban J connectivity index is 2.02. The summed E-state index contributed by atoms with van der Waals surface area (Å²) in [6.45, 7) is 4.22. The highest BCUT2D eigenvalue weighted by Crippen LogP contribution is 2.18. The van der Waals surface area contributed by atoms with Crippen molar-refractivity contribution >= 4 is 39.5 Å². The molecule has 0 saturated carbocycles. The second kappa shape index (κ2) is 10.5. The molecule has 0 heterocycles. The third-order valence-electron chi connectivity index (χ3n) is 4.29. The lowest BCUT2D eigenvalue weighted by atomic mass is 10.1. The molecule has 0 aliphatic heterocycles. The van der Waals surface area contributed by atoms with Gasteiger partial charge in [0.2, 0.25) is 11.8 Å². The van der Waals surface area contributed by atoms with Crippen LogP contribution in [-0.4, -0.2) is 35.6 Å². The van der Waals surface area contributed by atoms with E-state index in [1.54, 1.807) is 30.6 Å². The standard InChI is InChI=1S/C21H25BrN2O2S/c1-15-4-6-17(7-5-15)12-24(16(2)21(26)23-3)20(25)14-27-13-18-8-10-19(22)11-9-18/h4-11,16H,12-14H2,1-3H3,(H,23,26)/t16-/m0/s1. The Kier molecular flexibility index (Phi) is 8.38. The van der Waals surface area contributed by atoms with Gasteiger partial charge in [-0.3, -0.25) is 9.59 Å². The highest BCUT2D eigenvalue weighted by atomic mass is 79.9. The lowest BCUT2D eigenvalue weighted by Gasteiger charge is -2.28. The predicted octanol–water partition coefficient (Wildman–Crippen LogP) is 4.15. The summed E-state index contributed by atoms with van der Waals surface area (Å²) >= 11 is 4.98. The van der Waals surface area contributed by atoms with Gasteiger partial charge in [-0.05, 0) is 37.1 Å². The molecule has 0 aromatic heterocycles. The first-order valence-corrected chi connectivity index (χ1v) is 10.7. The van der Waals surface area contributed by atoms with Crippen molar-refractivity contribution in [2.45, 2.75) is 32.2 Å². The Bertz CT molecular complexity index is 763. The molecule has 27 heavy (non-hydrogen) atoms. The lowest BCUT2D eigenvalue weighted by Crippen LogP contribution is -2.47. The minimum atomic E-state index is -0.517. The van der Waals surface area contributed by atoms with Crippen molar-refractivity contribution in [2.24, 2.45) is 0 Å². The third kappa shape index (κ3) is 6.70. The average molecular weight is 449 g/mol. The number of benzene rings is 2. The van der Waals surface area contributed by atoms with Crippen LogP contribution in [0.1, 0.15) is 23.6 Å². The van der Waals surface area contributed by atoms with Gasteiger partial charge in [0, 0.05) is 23.8 Å². The van der Waals surface area contributed by atoms with Crippen LogP contribution in [0.15, 0.2) is 53.0 Å². The Hall–Kier alpha value is -1.79. The molecule has 0 unspecified atom stereocenters. The number of amides is 2. The fraction of sp³-hybridized carbons (Fsp3) is 0.333. The number of nitrogens with one attached hydrogen (secondary N) is 1. The van der Waals surface area contributed by atoms with Crippen molar-refractivity contribution in [3.63, 3.8) is 0 Å². The van der Waals surface area contributed by atoms with Crippen molar-refractivity contribution in [3.05, 3.63) is 69.7 Å². The van der Waals surface area contributed by atoms with Crippen LogP contribution in [-0.2, 0) is 21.9 Å². The molecule has 2 aromatic carbocycles. The summed E-state index contributed by atoms with van der Waals surface area (Å²) in [4.78, 5) is 26.6. The van der Waals surface area contributed by atoms with E-state index in [-0.39, 0.29) is 11.8 Å². The van der Waals surface area contributed by atoms with Gasteiger partial charge in [0.25, 0.3) is 0 Å². The number of aryl methyl sites for hydroxylation is 1. The van der Waals surface area contributed by atoms with Crippen LogP contribution in [0.5, 0.6) is 0 Å². The summed E-state index contributed by atoms with van der Waals surface area (Å²) < 4.78 is 1.04. The maximum absolute atomic E-state index is 12.8. The van der Waals surface area contributed by atoms with E-state index >= 15 is 0 Å². The number of likely N-dealkylation sites (N-methyl/N-ethyl adjacent to an activating group) is 1. The molecule has 144 valence electrons. The monoisotopic (exact) mass is 448 g/mol. The molecule has 0 aliphatic rings. The van der Waals surface area contributed by atoms with Crippen LogP contribution in [0.4, 0.5) is 0 Å². The molecule has 0 aliphatic carbocycles. The number of rotatable bonds is 8. The van der Waals surface area contributed by atoms with E-state index in [1.807, 2.05) is 55.5 Å². The Morgan fingerprint density at radius 3 is 2.26 bits per heavy atom. The van der Waals surface area contributed by atoms with Crippen molar-refractivity contribution in [2.75, 3.05) is 12.8 Å². The van der Waals surface area contributed by atoms with Crippen molar-refractivity contribution < 1.29 is 9.59 Å². The molecular weight excluding hydrogens is 424 g/mol. The zero-order valence-electron chi connectivity index (χ0n) is 15.9. The minimum Gasteiger partial charge on any atom is -0.357 e. The second-order valence-electron chi connectivity index (χ2n) is 6.42. The first-order valence-electron chi connectivity index (χ1n) is 8.79. The zero-order chi connectivity index (χ0) is 19.8. The number of carbonyl (C=O) groups is 2. The van der Waals surface area contributed by atoms with Crippen LogP contribution in [0.25, 0.3) is 0 Å². The average Bonchev–Trinajstić information content (AvgIpc) is 2.67. The zero-order valence-corrected chi connectivity index (χ0v) is 18.3. The van der Waals surface area contributed by atoms with Crippen LogP contribution >= 0.6 is 27.7 Å². The normalized spacial score (nSPS) is 11.7. The fourth-order valence-corrected chi connectivity index (χ4v) is 3.74. The Morgan fingerprint density at radius 2 is 1.67 bits per heavy atom. The first-order chi connectivity index (χ1) is 12.9. The highest BCUT2D eigenvalue weighted by molar-refractivity contribution is 9.10. The summed E-state index contributed by atoms with van der Waals surface area (Å²) in [5.41, 5.74) is 3.35. The number of hydrogen-bond acceptors (Lipinski definition) is 3. The molecule has 2 rings (SSSR count). The smallest absolute Gasteiger partial charge is 0.242 e. The van der Waals surface area contributed by atoms with Crippen molar-refractivity contribution in [1.82, 2.24) is 10.2 Å². The minimum absolute atomic E-state index is 0.0335. The Labute approximate surface area is 173 Å². The molecule has 0 spiro atoms. The largest absolute Gasteiger partial charge is 0.357 e. The third-order valence-corrected chi connectivity index (χ3v) is 5.81. The summed E-state index contributed by atoms with van der Waals surface area (Å²) in [7, 11) is 1.59. The van der Waals surface area contributed by atoms with E-state index in [9.17, 15) is 9.59 Å². The van der Waals surface area contributed by atoms with Crippen LogP contribution in [0.3, 0.4) is 0 Å². The fourth-order valence-electron chi connectivity index (χ4n) is 2.60. The highest BCUT2D eigenvalue weighted by Gasteiger charge is 2.25. The number of thioether (sulfide) groups is 1. The Morgan fingerprint density at radius 1 is 1.07 bits per heavy atom. The van der Waals surface area contributed by atoms with Gasteiger partial charge in [-0.15, -0.1) is 11.8 Å². The molecule has 6 heteroatoms. The summed E-state index contributed by atoms with van der Waals surface area (Å²) in [6, 6.07) is 15.6. The maximum Gasteiger partial charge on any atom is 0.242 e. The number of hydrogen-bond donors (Lipinski definition) is 1. The van der Waals surface area contributed by atoms with E-state index in [0.29, 0.717) is 12.3 Å². The number of halogens is 1. The molecule has 0 radical (unpaired) electrons. The van der Waals surface area contributed by atoms with Gasteiger partial charge in [-0.25, -0.2) is 0 Å². The van der Waals surface area contributed by atoms with Crippen molar-refractivity contribution in [1.29, 1.82) is 0 Å². The molecule has 0 fully saturated rings. The van der Waals surface area contributed by atoms with Gasteiger partial charge in [0.05, 0.1) is 5.75 Å². The molecule has 2 aromatic rings. The van der Waals surface area contributed by atoms with Gasteiger partial charge < -0.3 is 10.2 Å². The first kappa shape index (κ1) is 21.5. The maximum atomic E-state index is 12.8. The van der Waals surface area contributed by atoms with Crippen molar-refractivity contribution in [3.8, 4) is 0 Å². The molecule has 1 atom stereocenters. The van der Waals surface area contributed by atoms with Gasteiger partial charge in [0.15, 0.2) is 0 Å². The quantitative estimate of drug-likeness (QED) is 0.659. The van der Waals surface area contributed by atoms with E-state index in [4.69, 9.17) is 0 Å². The topological polar surface area (TPSA) is 49.4 Å². The van der Waals surface area contributed by atoms with Gasteiger partial charge in [-0.2, -0.15) is 0 Å². The molecular formula is C21H25BrN2O2S. The SMILES string of the molecule is CNC(=O)[C@H](C)N(Cc1ccc(C)cc1)C(=O)CSCc1ccc(Br)cc1. The summed E-state index contributed by atoms with van der Waals surface area (Å²) in [5.74, 6) is 0.900. The summed E-state index contributed by atoms with van der Waals surface area (Å²) in [6.07, 6.45) is 0. The molecule has 4 nitrogen and oxygen atoms in total. The van der Waals surface area contributed by atoms with Gasteiger partial charge in [0.1, 0.15) is 6.04 Å². The second-order valence-corrected chi connectivity index (χ2v) is 8.32. The molecule has 1 N–H and O–H groups in total. The number of carbonyl (C=O) groups excluding carboxylic acids is 2. The summed E-state index contributed by atoms with van der Waals surface area (Å²) in [5, 5.41) is 2.64. The van der Waals surface area contributed by atoms with Gasteiger partial charge in [-0.1, -0.05) is 57.9 Å². The van der Waals surface area contributed by atoms with Crippen LogP contribution in [0.2, 0.25) is 0 Å². The van der Waals surface area contributed by atoms with E-state index in [1.165, 1.54) is 11.1 Å². The van der Waals surface area contributed by atoms with Crippen LogP contribution < -0.4 is 5.32 Å². The predicted molar refractivity (Wildman–Crippen MR) is 116 cm³/mol. The molecule has 0 bridgehead atoms. The lowest BCUT2D eigenvalue weighted by molar-refractivity contribution is -0.138. The van der Waals surface area contributed by atoms with Gasteiger partial charge >= 0.3 is 0 Å². The van der Waals surface area contributed by atoms with E-state index < -0.39 is 6.04 Å². The molecule has 0 saturated heterocycles. The van der Waals surface area contributed by atoms with E-state index in [0.717, 1.165) is 15.8 Å². The van der Waals surface area contributed by atoms with Crippen LogP contribution in [0, 0.1) is 6.92 Å².